The molecule has 1 saturated carbocycles. The van der Waals surface area contributed by atoms with Crippen molar-refractivity contribution in [3.05, 3.63) is 71.1 Å². The Morgan fingerprint density at radius 1 is 1.26 bits per heavy atom. The average Bonchev–Trinajstić information content (AvgIpc) is 2.84. The number of aromatic nitrogens is 2. The summed E-state index contributed by atoms with van der Waals surface area (Å²) in [6, 6.07) is 5.49. The molecule has 3 aliphatic rings. The summed E-state index contributed by atoms with van der Waals surface area (Å²) in [5.41, 5.74) is 6.81. The van der Waals surface area contributed by atoms with E-state index in [1.807, 2.05) is 30.4 Å². The Hall–Kier alpha value is -3.21. The molecule has 0 radical (unpaired) electrons. The summed E-state index contributed by atoms with van der Waals surface area (Å²) in [6.45, 7) is 8.91. The maximum atomic E-state index is 13.1. The first-order valence-electron chi connectivity index (χ1n) is 12.9. The molecule has 0 saturated heterocycles. The predicted molar refractivity (Wildman–Crippen MR) is 140 cm³/mol. The van der Waals surface area contributed by atoms with Gasteiger partial charge in [0.2, 0.25) is 0 Å². The van der Waals surface area contributed by atoms with Gasteiger partial charge in [0.1, 0.15) is 5.75 Å². The van der Waals surface area contributed by atoms with Gasteiger partial charge in [0, 0.05) is 11.1 Å². The fourth-order valence-electron chi connectivity index (χ4n) is 6.21. The van der Waals surface area contributed by atoms with E-state index < -0.39 is 0 Å². The van der Waals surface area contributed by atoms with E-state index >= 15 is 0 Å². The van der Waals surface area contributed by atoms with Crippen molar-refractivity contribution in [2.45, 2.75) is 71.6 Å². The van der Waals surface area contributed by atoms with Crippen LogP contribution in [0.15, 0.2) is 54.2 Å². The van der Waals surface area contributed by atoms with Crippen molar-refractivity contribution in [1.82, 2.24) is 9.97 Å². The molecule has 1 fully saturated rings. The van der Waals surface area contributed by atoms with Gasteiger partial charge in [-0.1, -0.05) is 44.2 Å². The summed E-state index contributed by atoms with van der Waals surface area (Å²) >= 11 is 0. The highest BCUT2D eigenvalue weighted by atomic mass is 16.3. The fraction of sp³-hybridized carbons (Fsp3) is 0.433. The lowest BCUT2D eigenvalue weighted by Crippen LogP contribution is -2.32. The fourth-order valence-corrected chi connectivity index (χ4v) is 6.21. The predicted octanol–water partition coefficient (Wildman–Crippen LogP) is 6.48. The molecule has 35 heavy (non-hydrogen) atoms. The van der Waals surface area contributed by atoms with Crippen molar-refractivity contribution in [3.63, 3.8) is 0 Å². The molecule has 2 unspecified atom stereocenters. The third-order valence-corrected chi connectivity index (χ3v) is 7.84. The number of anilines is 1. The summed E-state index contributed by atoms with van der Waals surface area (Å²) in [5.74, 6) is 1.33. The number of hydrogen-bond donors (Lipinski definition) is 2. The summed E-state index contributed by atoms with van der Waals surface area (Å²) in [4.78, 5) is 23.3. The summed E-state index contributed by atoms with van der Waals surface area (Å²) in [6.07, 6.45) is 14.3. The van der Waals surface area contributed by atoms with E-state index in [9.17, 15) is 9.90 Å². The minimum Gasteiger partial charge on any atom is -0.508 e. The number of hydrogen-bond acceptors (Lipinski definition) is 4. The molecular formula is C30H35N3O2. The van der Waals surface area contributed by atoms with Gasteiger partial charge in [-0.25, -0.2) is 9.97 Å². The molecule has 1 amide bonds. The highest BCUT2D eigenvalue weighted by molar-refractivity contribution is 6.05. The number of aryl methyl sites for hydroxylation is 2. The quantitative estimate of drug-likeness (QED) is 0.492. The number of aromatic hydroxyl groups is 1. The van der Waals surface area contributed by atoms with Crippen LogP contribution in [-0.2, 0) is 24.1 Å². The number of amides is 1. The molecule has 182 valence electrons. The molecule has 1 heterocycles. The van der Waals surface area contributed by atoms with Crippen LogP contribution in [-0.4, -0.2) is 21.0 Å². The first-order chi connectivity index (χ1) is 16.9. The van der Waals surface area contributed by atoms with E-state index in [1.165, 1.54) is 5.57 Å². The maximum Gasteiger partial charge on any atom is 0.256 e. The maximum absolute atomic E-state index is 13.1. The van der Waals surface area contributed by atoms with Gasteiger partial charge in [0.25, 0.3) is 5.91 Å². The van der Waals surface area contributed by atoms with Crippen LogP contribution in [0, 0.1) is 11.3 Å². The SMILES string of the molecule is C=C1CC(C)CC(CC)(Cc2nc3c(nc2NC(=O)C2=CCCC=C2)CCc2cc(O)ccc2-3)C1. The Bertz CT molecular complexity index is 1240. The highest BCUT2D eigenvalue weighted by Crippen LogP contribution is 2.47. The molecular weight excluding hydrogens is 434 g/mol. The van der Waals surface area contributed by atoms with E-state index in [0.29, 0.717) is 17.3 Å². The van der Waals surface area contributed by atoms with Crippen LogP contribution in [0.5, 0.6) is 5.75 Å². The molecule has 2 aromatic rings. The number of benzene rings is 1. The van der Waals surface area contributed by atoms with Crippen molar-refractivity contribution >= 4 is 11.7 Å². The Morgan fingerprint density at radius 3 is 2.86 bits per heavy atom. The number of allylic oxidation sites excluding steroid dienone is 3. The van der Waals surface area contributed by atoms with E-state index in [0.717, 1.165) is 86.0 Å². The number of fused-ring (bicyclic) bond motifs is 3. The first kappa shape index (κ1) is 23.5. The van der Waals surface area contributed by atoms with Crippen molar-refractivity contribution in [1.29, 1.82) is 0 Å². The van der Waals surface area contributed by atoms with Crippen molar-refractivity contribution in [2.24, 2.45) is 11.3 Å². The van der Waals surface area contributed by atoms with Crippen LogP contribution in [0.25, 0.3) is 11.3 Å². The van der Waals surface area contributed by atoms with Crippen LogP contribution in [0.3, 0.4) is 0 Å². The zero-order chi connectivity index (χ0) is 24.6. The molecule has 0 bridgehead atoms. The van der Waals surface area contributed by atoms with E-state index in [4.69, 9.17) is 9.97 Å². The molecule has 1 aromatic carbocycles. The molecule has 0 spiro atoms. The zero-order valence-corrected chi connectivity index (χ0v) is 20.9. The van der Waals surface area contributed by atoms with Gasteiger partial charge in [-0.15, -0.1) is 0 Å². The zero-order valence-electron chi connectivity index (χ0n) is 20.9. The van der Waals surface area contributed by atoms with Gasteiger partial charge in [-0.05, 0) is 92.9 Å². The highest BCUT2D eigenvalue weighted by Gasteiger charge is 2.37. The van der Waals surface area contributed by atoms with Gasteiger partial charge >= 0.3 is 0 Å². The topological polar surface area (TPSA) is 75.1 Å². The normalized spacial score (nSPS) is 23.3. The number of carbonyl (C=O) groups is 1. The minimum absolute atomic E-state index is 0.0631. The van der Waals surface area contributed by atoms with Crippen LogP contribution < -0.4 is 5.32 Å². The average molecular weight is 470 g/mol. The Kier molecular flexibility index (Phi) is 6.35. The third-order valence-electron chi connectivity index (χ3n) is 7.84. The molecule has 5 rings (SSSR count). The summed E-state index contributed by atoms with van der Waals surface area (Å²) < 4.78 is 0. The summed E-state index contributed by atoms with van der Waals surface area (Å²) in [7, 11) is 0. The van der Waals surface area contributed by atoms with Gasteiger partial charge in [0.15, 0.2) is 5.82 Å². The lowest BCUT2D eigenvalue weighted by molar-refractivity contribution is -0.112. The Labute approximate surface area is 208 Å². The standard InChI is InChI=1S/C30H35N3O2/c1-4-30(16-19(2)14-20(3)17-30)18-26-28(33-29(35)21-8-6-5-7-9-21)32-25-13-10-22-15-23(34)11-12-24(22)27(25)31-26/h6,8-9,11-12,15,20,34H,2,4-5,7,10,13-14,16-18H2,1,3H3,(H,32,33,35). The molecule has 5 nitrogen and oxygen atoms in total. The molecule has 0 aliphatic heterocycles. The van der Waals surface area contributed by atoms with Crippen LogP contribution in [0.2, 0.25) is 0 Å². The molecule has 3 aliphatic carbocycles. The van der Waals surface area contributed by atoms with Gasteiger partial charge in [0.05, 0.1) is 17.1 Å². The van der Waals surface area contributed by atoms with E-state index in [2.05, 4.69) is 25.7 Å². The van der Waals surface area contributed by atoms with Crippen LogP contribution >= 0.6 is 0 Å². The van der Waals surface area contributed by atoms with Gasteiger partial charge in [-0.3, -0.25) is 4.79 Å². The smallest absolute Gasteiger partial charge is 0.256 e. The largest absolute Gasteiger partial charge is 0.508 e. The third kappa shape index (κ3) is 4.82. The van der Waals surface area contributed by atoms with E-state index in [1.54, 1.807) is 6.07 Å². The molecule has 2 N–H and O–H groups in total. The second-order valence-electron chi connectivity index (χ2n) is 10.7. The number of nitrogens with zero attached hydrogens (tertiary/aromatic N) is 2. The van der Waals surface area contributed by atoms with Crippen molar-refractivity contribution in [2.75, 3.05) is 5.32 Å². The number of nitrogens with one attached hydrogen (secondary N) is 1. The second-order valence-corrected chi connectivity index (χ2v) is 10.7. The van der Waals surface area contributed by atoms with Crippen molar-refractivity contribution in [3.8, 4) is 17.0 Å². The monoisotopic (exact) mass is 469 g/mol. The summed E-state index contributed by atoms with van der Waals surface area (Å²) in [5, 5.41) is 13.1. The number of phenolic OH excluding ortho intramolecular Hbond substituents is 1. The van der Waals surface area contributed by atoms with Crippen LogP contribution in [0.4, 0.5) is 5.82 Å². The van der Waals surface area contributed by atoms with Gasteiger partial charge in [-0.2, -0.15) is 0 Å². The van der Waals surface area contributed by atoms with E-state index in [-0.39, 0.29) is 17.1 Å². The Morgan fingerprint density at radius 2 is 2.11 bits per heavy atom. The van der Waals surface area contributed by atoms with Crippen LogP contribution in [0.1, 0.15) is 69.3 Å². The Balaban J connectivity index is 1.57. The number of phenols is 1. The van der Waals surface area contributed by atoms with Gasteiger partial charge < -0.3 is 10.4 Å². The molecule has 5 heteroatoms. The van der Waals surface area contributed by atoms with Crippen molar-refractivity contribution < 1.29 is 9.90 Å². The number of carbonyl (C=O) groups excluding carboxylic acids is 1. The second kappa shape index (κ2) is 9.44. The number of rotatable bonds is 5. The minimum atomic E-state index is -0.121. The first-order valence-corrected chi connectivity index (χ1v) is 12.9. The lowest BCUT2D eigenvalue weighted by atomic mass is 9.65. The lowest BCUT2D eigenvalue weighted by Gasteiger charge is -2.41. The molecule has 2 atom stereocenters. The molecule has 1 aromatic heterocycles.